The zero-order valence-electron chi connectivity index (χ0n) is 16.6. The number of ether oxygens (including phenoxy) is 2. The van der Waals surface area contributed by atoms with Crippen molar-refractivity contribution < 1.29 is 19.4 Å². The normalized spacial score (nSPS) is 22.2. The minimum Gasteiger partial charge on any atom is -0.481 e. The first kappa shape index (κ1) is 21.2. The third-order valence-corrected chi connectivity index (χ3v) is 4.88. The van der Waals surface area contributed by atoms with Crippen LogP contribution in [-0.4, -0.2) is 46.8 Å². The number of hydrogen-bond donors (Lipinski definition) is 3. The van der Waals surface area contributed by atoms with Gasteiger partial charge in [0.05, 0.1) is 18.9 Å². The fraction of sp³-hybridized carbons (Fsp3) is 0.476. The third-order valence-electron chi connectivity index (χ3n) is 4.88. The van der Waals surface area contributed by atoms with Gasteiger partial charge >= 0.3 is 5.97 Å². The Kier molecular flexibility index (Phi) is 7.92. The number of rotatable bonds is 10. The molecule has 0 radical (unpaired) electrons. The van der Waals surface area contributed by atoms with Gasteiger partial charge in [-0.3, -0.25) is 4.79 Å². The van der Waals surface area contributed by atoms with E-state index in [1.54, 1.807) is 6.20 Å². The van der Waals surface area contributed by atoms with Crippen LogP contribution in [0.5, 0.6) is 0 Å². The number of aliphatic carboxylic acids is 1. The number of carbonyl (C=O) groups is 1. The van der Waals surface area contributed by atoms with E-state index in [0.29, 0.717) is 25.4 Å². The molecule has 0 amide bonds. The molecule has 8 heteroatoms. The summed E-state index contributed by atoms with van der Waals surface area (Å²) in [6.07, 6.45) is 8.05. The zero-order valence-corrected chi connectivity index (χ0v) is 16.6. The van der Waals surface area contributed by atoms with E-state index < -0.39 is 5.97 Å². The molecule has 1 aliphatic heterocycles. The Balaban J connectivity index is 1.50. The summed E-state index contributed by atoms with van der Waals surface area (Å²) < 4.78 is 11.6. The van der Waals surface area contributed by atoms with Crippen LogP contribution >= 0.6 is 0 Å². The predicted molar refractivity (Wildman–Crippen MR) is 110 cm³/mol. The first-order chi connectivity index (χ1) is 14.1. The molecule has 0 aliphatic carbocycles. The SMILES string of the molecule is C[C@@H]1OC[C@H](C/C=C\CCCC(=O)O)[C@H](CNNc2nncc3ccccc23)O1. The lowest BCUT2D eigenvalue weighted by Crippen LogP contribution is -2.45. The van der Waals surface area contributed by atoms with E-state index in [2.05, 4.69) is 27.1 Å². The Hall–Kier alpha value is -2.55. The molecule has 1 aromatic carbocycles. The lowest BCUT2D eigenvalue weighted by molar-refractivity contribution is -0.225. The molecule has 8 nitrogen and oxygen atoms in total. The van der Waals surface area contributed by atoms with E-state index in [9.17, 15) is 4.79 Å². The van der Waals surface area contributed by atoms with Gasteiger partial charge < -0.3 is 20.0 Å². The van der Waals surface area contributed by atoms with Crippen LogP contribution in [0.3, 0.4) is 0 Å². The highest BCUT2D eigenvalue weighted by molar-refractivity contribution is 5.90. The summed E-state index contributed by atoms with van der Waals surface area (Å²) in [5.74, 6) is 0.143. The minimum atomic E-state index is -0.754. The van der Waals surface area contributed by atoms with Crippen molar-refractivity contribution in [2.24, 2.45) is 5.92 Å². The smallest absolute Gasteiger partial charge is 0.303 e. The first-order valence-electron chi connectivity index (χ1n) is 9.96. The third kappa shape index (κ3) is 6.49. The second-order valence-corrected chi connectivity index (χ2v) is 7.11. The number of nitrogens with zero attached hydrogens (tertiary/aromatic N) is 2. The second-order valence-electron chi connectivity index (χ2n) is 7.11. The van der Waals surface area contributed by atoms with Crippen LogP contribution in [0, 0.1) is 5.92 Å². The molecular formula is C21H28N4O4. The standard InChI is InChI=1S/C21H28N4O4/c1-15-28-14-17(9-4-2-3-5-11-20(26)27)19(29-15)13-23-25-21-18-10-7-6-8-16(18)12-22-24-21/h2,4,6-8,10,12,15,17,19,23H,3,5,9,11,13-14H2,1H3,(H,24,25)(H,26,27)/b4-2-/t15-,17+,19+/m1/s1. The lowest BCUT2D eigenvalue weighted by Gasteiger charge is -2.35. The number of unbranched alkanes of at least 4 members (excludes halogenated alkanes) is 1. The number of hydrogen-bond acceptors (Lipinski definition) is 7. The maximum atomic E-state index is 10.5. The molecule has 156 valence electrons. The Labute approximate surface area is 170 Å². The second kappa shape index (κ2) is 10.8. The van der Waals surface area contributed by atoms with Gasteiger partial charge in [-0.15, -0.1) is 5.10 Å². The molecule has 1 aliphatic rings. The Morgan fingerprint density at radius 1 is 1.34 bits per heavy atom. The highest BCUT2D eigenvalue weighted by Crippen LogP contribution is 2.22. The molecule has 1 saturated heterocycles. The predicted octanol–water partition coefficient (Wildman–Crippen LogP) is 3.13. The van der Waals surface area contributed by atoms with Crippen molar-refractivity contribution in [3.8, 4) is 0 Å². The van der Waals surface area contributed by atoms with Gasteiger partial charge in [0.2, 0.25) is 0 Å². The highest BCUT2D eigenvalue weighted by Gasteiger charge is 2.29. The molecule has 0 saturated carbocycles. The number of hydrazine groups is 1. The molecular weight excluding hydrogens is 372 g/mol. The van der Waals surface area contributed by atoms with Crippen LogP contribution in [0.4, 0.5) is 5.82 Å². The van der Waals surface area contributed by atoms with Crippen LogP contribution in [0.2, 0.25) is 0 Å². The Morgan fingerprint density at radius 3 is 3.07 bits per heavy atom. The monoisotopic (exact) mass is 400 g/mol. The van der Waals surface area contributed by atoms with Crippen LogP contribution < -0.4 is 10.9 Å². The molecule has 2 heterocycles. The number of aromatic nitrogens is 2. The van der Waals surface area contributed by atoms with Crippen molar-refractivity contribution in [3.05, 3.63) is 42.6 Å². The molecule has 29 heavy (non-hydrogen) atoms. The molecule has 1 aromatic heterocycles. The Morgan fingerprint density at radius 2 is 2.21 bits per heavy atom. The van der Waals surface area contributed by atoms with Crippen molar-refractivity contribution >= 4 is 22.6 Å². The minimum absolute atomic E-state index is 0.0159. The van der Waals surface area contributed by atoms with Gasteiger partial charge in [0.1, 0.15) is 0 Å². The summed E-state index contributed by atoms with van der Waals surface area (Å²) in [5.41, 5.74) is 6.36. The van der Waals surface area contributed by atoms with Crippen LogP contribution in [-0.2, 0) is 14.3 Å². The van der Waals surface area contributed by atoms with Crippen LogP contribution in [0.1, 0.15) is 32.6 Å². The maximum absolute atomic E-state index is 10.5. The molecule has 1 fully saturated rings. The van der Waals surface area contributed by atoms with Gasteiger partial charge in [-0.1, -0.05) is 36.4 Å². The fourth-order valence-corrected chi connectivity index (χ4v) is 3.31. The number of nitrogens with one attached hydrogen (secondary N) is 2. The van der Waals surface area contributed by atoms with Gasteiger partial charge in [0.25, 0.3) is 0 Å². The van der Waals surface area contributed by atoms with Crippen LogP contribution in [0.15, 0.2) is 42.6 Å². The molecule has 0 bridgehead atoms. The van der Waals surface area contributed by atoms with E-state index >= 15 is 0 Å². The number of benzene rings is 1. The van der Waals surface area contributed by atoms with Gasteiger partial charge in [-0.25, -0.2) is 5.43 Å². The van der Waals surface area contributed by atoms with Gasteiger partial charge in [0.15, 0.2) is 12.1 Å². The van der Waals surface area contributed by atoms with E-state index in [1.165, 1.54) is 0 Å². The number of anilines is 1. The highest BCUT2D eigenvalue weighted by atomic mass is 16.7. The molecule has 0 spiro atoms. The average molecular weight is 400 g/mol. The number of fused-ring (bicyclic) bond motifs is 1. The summed E-state index contributed by atoms with van der Waals surface area (Å²) >= 11 is 0. The van der Waals surface area contributed by atoms with Gasteiger partial charge in [0, 0.05) is 29.7 Å². The zero-order chi connectivity index (χ0) is 20.5. The topological polar surface area (TPSA) is 106 Å². The van der Waals surface area contributed by atoms with Gasteiger partial charge in [-0.2, -0.15) is 5.10 Å². The quantitative estimate of drug-likeness (QED) is 0.317. The lowest BCUT2D eigenvalue weighted by atomic mass is 9.97. The van der Waals surface area contributed by atoms with Gasteiger partial charge in [-0.05, 0) is 26.2 Å². The summed E-state index contributed by atoms with van der Waals surface area (Å²) in [7, 11) is 0. The summed E-state index contributed by atoms with van der Waals surface area (Å²) in [6.45, 7) is 3.12. The molecule has 3 N–H and O–H groups in total. The Bertz CT molecular complexity index is 824. The van der Waals surface area contributed by atoms with Crippen molar-refractivity contribution in [3.63, 3.8) is 0 Å². The fourth-order valence-electron chi connectivity index (χ4n) is 3.31. The summed E-state index contributed by atoms with van der Waals surface area (Å²) in [6, 6.07) is 7.94. The van der Waals surface area contributed by atoms with E-state index in [4.69, 9.17) is 14.6 Å². The number of allylic oxidation sites excluding steroid dienone is 2. The molecule has 3 rings (SSSR count). The van der Waals surface area contributed by atoms with E-state index in [-0.39, 0.29) is 24.7 Å². The van der Waals surface area contributed by atoms with Crippen molar-refractivity contribution in [2.75, 3.05) is 18.6 Å². The summed E-state index contributed by atoms with van der Waals surface area (Å²) in [5, 5.41) is 18.9. The van der Waals surface area contributed by atoms with Crippen molar-refractivity contribution in [1.82, 2.24) is 15.6 Å². The van der Waals surface area contributed by atoms with Crippen molar-refractivity contribution in [1.29, 1.82) is 0 Å². The summed E-state index contributed by atoms with van der Waals surface area (Å²) in [4.78, 5) is 10.5. The molecule has 2 aromatic rings. The van der Waals surface area contributed by atoms with E-state index in [0.717, 1.165) is 23.6 Å². The number of carboxylic acid groups (broad SMARTS) is 1. The number of carboxylic acids is 1. The van der Waals surface area contributed by atoms with E-state index in [1.807, 2.05) is 37.3 Å². The first-order valence-corrected chi connectivity index (χ1v) is 9.96. The van der Waals surface area contributed by atoms with Crippen LogP contribution in [0.25, 0.3) is 10.8 Å². The largest absolute Gasteiger partial charge is 0.481 e. The average Bonchev–Trinajstić information content (AvgIpc) is 2.72. The maximum Gasteiger partial charge on any atom is 0.303 e. The van der Waals surface area contributed by atoms with Crippen molar-refractivity contribution in [2.45, 2.75) is 45.0 Å². The molecule has 0 unspecified atom stereocenters. The molecule has 3 atom stereocenters.